The van der Waals surface area contributed by atoms with E-state index < -0.39 is 43.3 Å². The molecule has 11 heteroatoms. The largest absolute Gasteiger partial charge is 0.394 e. The Kier molecular flexibility index (Phi) is 8.81. The number of aliphatic hydroxyl groups excluding tert-OH is 4. The number of hydrogen-bond donors (Lipinski definition) is 4. The van der Waals surface area contributed by atoms with Crippen molar-refractivity contribution in [2.75, 3.05) is 25.6 Å². The fourth-order valence-corrected chi connectivity index (χ4v) is 2.56. The maximum Gasteiger partial charge on any atom is 0.345 e. The van der Waals surface area contributed by atoms with Crippen molar-refractivity contribution in [3.8, 4) is 0 Å². The van der Waals surface area contributed by atoms with E-state index in [-0.39, 0.29) is 19.0 Å². The number of unbranched alkanes of at least 4 members (excludes halogenated alkanes) is 1. The van der Waals surface area contributed by atoms with E-state index in [0.29, 0.717) is 17.9 Å². The van der Waals surface area contributed by atoms with Crippen molar-refractivity contribution in [1.29, 1.82) is 0 Å². The SMILES string of the molecule is CCCCN(C(=O)N(CCCl)N=O)[C@@H]1O[C@H](CO)[C@@H](O)[C@H](O)[C@@H]1O. The molecule has 0 saturated carbocycles. The zero-order chi connectivity index (χ0) is 18.3. The summed E-state index contributed by atoms with van der Waals surface area (Å²) < 4.78 is 5.38. The van der Waals surface area contributed by atoms with Gasteiger partial charge in [0.2, 0.25) is 0 Å². The number of amides is 2. The second kappa shape index (κ2) is 10.1. The summed E-state index contributed by atoms with van der Waals surface area (Å²) in [5.74, 6) is -0.0201. The highest BCUT2D eigenvalue weighted by atomic mass is 35.5. The van der Waals surface area contributed by atoms with Gasteiger partial charge in [0.05, 0.1) is 18.4 Å². The number of nitroso groups, excluding NO2 is 1. The highest BCUT2D eigenvalue weighted by Gasteiger charge is 2.47. The van der Waals surface area contributed by atoms with E-state index in [4.69, 9.17) is 16.3 Å². The summed E-state index contributed by atoms with van der Waals surface area (Å²) in [5, 5.41) is 42.3. The monoisotopic (exact) mass is 369 g/mol. The second-order valence-electron chi connectivity index (χ2n) is 5.44. The molecule has 4 N–H and O–H groups in total. The smallest absolute Gasteiger partial charge is 0.345 e. The zero-order valence-corrected chi connectivity index (χ0v) is 14.1. The van der Waals surface area contributed by atoms with Crippen LogP contribution in [0.5, 0.6) is 0 Å². The molecule has 2 amide bonds. The quantitative estimate of drug-likeness (QED) is 0.250. The number of nitrogens with zero attached hydrogens (tertiary/aromatic N) is 3. The minimum atomic E-state index is -1.62. The number of hydrogen-bond acceptors (Lipinski definition) is 8. The summed E-state index contributed by atoms with van der Waals surface area (Å²) in [5.41, 5.74) is 0. The van der Waals surface area contributed by atoms with Crippen molar-refractivity contribution < 1.29 is 30.0 Å². The van der Waals surface area contributed by atoms with Crippen LogP contribution in [0.1, 0.15) is 19.8 Å². The molecule has 1 rings (SSSR count). The van der Waals surface area contributed by atoms with Crippen molar-refractivity contribution in [2.45, 2.75) is 50.4 Å². The first-order chi connectivity index (χ1) is 11.4. The summed E-state index contributed by atoms with van der Waals surface area (Å²) in [6.45, 7) is 1.25. The summed E-state index contributed by atoms with van der Waals surface area (Å²) in [6, 6.07) is -0.844. The van der Waals surface area contributed by atoms with Gasteiger partial charge in [-0.3, -0.25) is 4.90 Å². The number of alkyl halides is 1. The fourth-order valence-electron chi connectivity index (χ4n) is 2.40. The molecule has 0 unspecified atom stereocenters. The van der Waals surface area contributed by atoms with Crippen molar-refractivity contribution in [1.82, 2.24) is 9.91 Å². The van der Waals surface area contributed by atoms with Crippen LogP contribution in [-0.4, -0.2) is 92.6 Å². The molecule has 0 spiro atoms. The molecule has 140 valence electrons. The first-order valence-corrected chi connectivity index (χ1v) is 8.24. The van der Waals surface area contributed by atoms with Crippen LogP contribution in [0.3, 0.4) is 0 Å². The molecule has 0 radical (unpaired) electrons. The van der Waals surface area contributed by atoms with Crippen LogP contribution >= 0.6 is 11.6 Å². The third-order valence-corrected chi connectivity index (χ3v) is 3.96. The molecule has 0 aromatic heterocycles. The molecule has 0 bridgehead atoms. The Bertz CT molecular complexity index is 415. The van der Waals surface area contributed by atoms with E-state index >= 15 is 0 Å². The molecule has 0 aromatic carbocycles. The Morgan fingerprint density at radius 2 is 1.88 bits per heavy atom. The molecule has 0 aromatic rings. The summed E-state index contributed by atoms with van der Waals surface area (Å²) in [7, 11) is 0. The van der Waals surface area contributed by atoms with Crippen LogP contribution < -0.4 is 0 Å². The molecular formula is C13H24ClN3O7. The average Bonchev–Trinajstić information content (AvgIpc) is 2.59. The van der Waals surface area contributed by atoms with Gasteiger partial charge in [0.1, 0.15) is 24.4 Å². The second-order valence-corrected chi connectivity index (χ2v) is 5.82. The topological polar surface area (TPSA) is 143 Å². The summed E-state index contributed by atoms with van der Waals surface area (Å²) in [6.07, 6.45) is -6.03. The molecule has 1 aliphatic heterocycles. The van der Waals surface area contributed by atoms with Gasteiger partial charge < -0.3 is 25.2 Å². The minimum absolute atomic E-state index is 0.0201. The first kappa shape index (κ1) is 21.0. The number of carbonyl (C=O) groups is 1. The highest BCUT2D eigenvalue weighted by Crippen LogP contribution is 2.25. The van der Waals surface area contributed by atoms with Gasteiger partial charge in [-0.05, 0) is 6.42 Å². The van der Waals surface area contributed by atoms with Crippen LogP contribution in [0.4, 0.5) is 4.79 Å². The Labute approximate surface area is 144 Å². The number of ether oxygens (including phenoxy) is 1. The predicted molar refractivity (Wildman–Crippen MR) is 84.0 cm³/mol. The van der Waals surface area contributed by atoms with Crippen molar-refractivity contribution in [3.63, 3.8) is 0 Å². The van der Waals surface area contributed by atoms with Crippen molar-refractivity contribution in [3.05, 3.63) is 4.91 Å². The molecule has 24 heavy (non-hydrogen) atoms. The zero-order valence-electron chi connectivity index (χ0n) is 13.4. The molecule has 1 fully saturated rings. The highest BCUT2D eigenvalue weighted by molar-refractivity contribution is 6.18. The standard InChI is InChI=1S/C13H24ClN3O7/c1-2-3-5-16(13(22)17(15-23)6-4-14)12-11(21)10(20)9(19)8(7-18)24-12/h8-12,18-21H,2-7H2,1H3/t8-,9-,10+,11+,12-/m1/s1. The number of rotatable bonds is 8. The molecule has 1 heterocycles. The lowest BCUT2D eigenvalue weighted by molar-refractivity contribution is -0.258. The van der Waals surface area contributed by atoms with Gasteiger partial charge >= 0.3 is 6.03 Å². The normalized spacial score (nSPS) is 30.0. The van der Waals surface area contributed by atoms with Gasteiger partial charge in [-0.25, -0.2) is 4.79 Å². The van der Waals surface area contributed by atoms with Crippen LogP contribution in [0.2, 0.25) is 0 Å². The maximum absolute atomic E-state index is 12.5. The molecule has 1 saturated heterocycles. The Hall–Kier alpha value is -1.04. The average molecular weight is 370 g/mol. The van der Waals surface area contributed by atoms with E-state index in [9.17, 15) is 30.1 Å². The fraction of sp³-hybridized carbons (Fsp3) is 0.923. The van der Waals surface area contributed by atoms with Crippen molar-refractivity contribution in [2.24, 2.45) is 5.29 Å². The van der Waals surface area contributed by atoms with Crippen LogP contribution in [-0.2, 0) is 4.74 Å². The van der Waals surface area contributed by atoms with Gasteiger partial charge in [0.25, 0.3) is 0 Å². The Morgan fingerprint density at radius 3 is 2.38 bits per heavy atom. The number of carbonyl (C=O) groups excluding carboxylic acids is 1. The van der Waals surface area contributed by atoms with Gasteiger partial charge in [-0.2, -0.15) is 5.01 Å². The van der Waals surface area contributed by atoms with E-state index in [0.717, 1.165) is 4.90 Å². The number of urea groups is 1. The van der Waals surface area contributed by atoms with Gasteiger partial charge in [0.15, 0.2) is 6.23 Å². The van der Waals surface area contributed by atoms with E-state index in [1.807, 2.05) is 6.92 Å². The molecule has 0 aliphatic carbocycles. The summed E-state index contributed by atoms with van der Waals surface area (Å²) in [4.78, 5) is 24.4. The van der Waals surface area contributed by atoms with Crippen LogP contribution in [0, 0.1) is 4.91 Å². The predicted octanol–water partition coefficient (Wildman–Crippen LogP) is -0.769. The van der Waals surface area contributed by atoms with Gasteiger partial charge in [-0.15, -0.1) is 16.5 Å². The molecule has 5 atom stereocenters. The van der Waals surface area contributed by atoms with Crippen LogP contribution in [0.25, 0.3) is 0 Å². The number of aliphatic hydroxyl groups is 4. The Balaban J connectivity index is 3.04. The summed E-state index contributed by atoms with van der Waals surface area (Å²) >= 11 is 5.53. The van der Waals surface area contributed by atoms with Gasteiger partial charge in [0, 0.05) is 12.4 Å². The first-order valence-electron chi connectivity index (χ1n) is 7.70. The van der Waals surface area contributed by atoms with Crippen LogP contribution in [0.15, 0.2) is 5.29 Å². The van der Waals surface area contributed by atoms with E-state index in [1.165, 1.54) is 0 Å². The lowest BCUT2D eigenvalue weighted by Crippen LogP contribution is -2.65. The third kappa shape index (κ3) is 4.74. The molecular weight excluding hydrogens is 346 g/mol. The van der Waals surface area contributed by atoms with Gasteiger partial charge in [-0.1, -0.05) is 13.3 Å². The van der Waals surface area contributed by atoms with E-state index in [1.54, 1.807) is 0 Å². The van der Waals surface area contributed by atoms with E-state index in [2.05, 4.69) is 5.29 Å². The maximum atomic E-state index is 12.5. The lowest BCUT2D eigenvalue weighted by atomic mass is 9.97. The lowest BCUT2D eigenvalue weighted by Gasteiger charge is -2.44. The van der Waals surface area contributed by atoms with Crippen molar-refractivity contribution >= 4 is 17.6 Å². The third-order valence-electron chi connectivity index (χ3n) is 3.79. The molecule has 10 nitrogen and oxygen atoms in total. The molecule has 1 aliphatic rings. The number of halogens is 1. The minimum Gasteiger partial charge on any atom is -0.394 e. The Morgan fingerprint density at radius 1 is 1.21 bits per heavy atom.